The van der Waals surface area contributed by atoms with Crippen LogP contribution in [0.15, 0.2) is 16.6 Å². The van der Waals surface area contributed by atoms with Crippen LogP contribution in [-0.2, 0) is 0 Å². The van der Waals surface area contributed by atoms with Crippen LogP contribution in [0.25, 0.3) is 0 Å². The van der Waals surface area contributed by atoms with Crippen LogP contribution in [-0.4, -0.2) is 42.9 Å². The van der Waals surface area contributed by atoms with Gasteiger partial charge in [-0.15, -0.1) is 0 Å². The second-order valence-electron chi connectivity index (χ2n) is 3.30. The Labute approximate surface area is 107 Å². The SMILES string of the molecule is COc1cc(C=O)cc(Br)c1OCC(O)CO. The van der Waals surface area contributed by atoms with Gasteiger partial charge in [0.1, 0.15) is 19.0 Å². The van der Waals surface area contributed by atoms with E-state index in [4.69, 9.17) is 14.6 Å². The lowest BCUT2D eigenvalue weighted by Gasteiger charge is -2.14. The van der Waals surface area contributed by atoms with Gasteiger partial charge in [-0.25, -0.2) is 0 Å². The number of ether oxygens (including phenoxy) is 2. The van der Waals surface area contributed by atoms with Crippen molar-refractivity contribution in [3.63, 3.8) is 0 Å². The monoisotopic (exact) mass is 304 g/mol. The first kappa shape index (κ1) is 14.0. The van der Waals surface area contributed by atoms with Crippen molar-refractivity contribution in [2.45, 2.75) is 6.10 Å². The summed E-state index contributed by atoms with van der Waals surface area (Å²) in [6.45, 7) is -0.446. The molecule has 0 aromatic heterocycles. The molecule has 0 fully saturated rings. The second-order valence-corrected chi connectivity index (χ2v) is 4.15. The van der Waals surface area contributed by atoms with E-state index in [1.165, 1.54) is 13.2 Å². The van der Waals surface area contributed by atoms with Gasteiger partial charge in [-0.05, 0) is 28.1 Å². The summed E-state index contributed by atoms with van der Waals surface area (Å²) in [5.74, 6) is 0.761. The molecule has 0 aliphatic carbocycles. The first-order valence-corrected chi connectivity index (χ1v) is 5.66. The van der Waals surface area contributed by atoms with Crippen molar-refractivity contribution in [2.24, 2.45) is 0 Å². The molecular formula is C11H13BrO5. The lowest BCUT2D eigenvalue weighted by Crippen LogP contribution is -2.21. The Morgan fingerprint density at radius 2 is 2.24 bits per heavy atom. The van der Waals surface area contributed by atoms with E-state index in [1.807, 2.05) is 0 Å². The van der Waals surface area contributed by atoms with Crippen molar-refractivity contribution in [1.29, 1.82) is 0 Å². The summed E-state index contributed by atoms with van der Waals surface area (Å²) < 4.78 is 10.9. The molecule has 94 valence electrons. The normalized spacial score (nSPS) is 12.0. The van der Waals surface area contributed by atoms with E-state index in [-0.39, 0.29) is 13.2 Å². The van der Waals surface area contributed by atoms with Gasteiger partial charge in [0.2, 0.25) is 0 Å². The summed E-state index contributed by atoms with van der Waals surface area (Å²) in [7, 11) is 1.45. The van der Waals surface area contributed by atoms with E-state index in [0.29, 0.717) is 27.8 Å². The Bertz CT molecular complexity index is 394. The highest BCUT2D eigenvalue weighted by molar-refractivity contribution is 9.10. The Hall–Kier alpha value is -1.11. The number of hydrogen-bond donors (Lipinski definition) is 2. The summed E-state index contributed by atoms with van der Waals surface area (Å²) in [5, 5.41) is 17.9. The summed E-state index contributed by atoms with van der Waals surface area (Å²) in [6, 6.07) is 3.11. The topological polar surface area (TPSA) is 76.0 Å². The second kappa shape index (κ2) is 6.58. The fourth-order valence-corrected chi connectivity index (χ4v) is 1.75. The summed E-state index contributed by atoms with van der Waals surface area (Å²) >= 11 is 3.24. The molecule has 0 radical (unpaired) electrons. The molecule has 0 aliphatic heterocycles. The van der Waals surface area contributed by atoms with E-state index in [0.717, 1.165) is 0 Å². The third kappa shape index (κ3) is 3.69. The fourth-order valence-electron chi connectivity index (χ4n) is 1.18. The number of halogens is 1. The molecule has 0 amide bonds. The number of hydrogen-bond acceptors (Lipinski definition) is 5. The molecule has 6 heteroatoms. The van der Waals surface area contributed by atoms with Crippen LogP contribution < -0.4 is 9.47 Å². The van der Waals surface area contributed by atoms with Gasteiger partial charge >= 0.3 is 0 Å². The van der Waals surface area contributed by atoms with Crippen molar-refractivity contribution < 1.29 is 24.5 Å². The zero-order chi connectivity index (χ0) is 12.8. The molecule has 0 aliphatic rings. The van der Waals surface area contributed by atoms with E-state index in [2.05, 4.69) is 15.9 Å². The van der Waals surface area contributed by atoms with Gasteiger partial charge in [-0.1, -0.05) is 0 Å². The Morgan fingerprint density at radius 1 is 1.53 bits per heavy atom. The highest BCUT2D eigenvalue weighted by Gasteiger charge is 2.13. The Kier molecular flexibility index (Phi) is 5.40. The fraction of sp³-hybridized carbons (Fsp3) is 0.364. The summed E-state index contributed by atoms with van der Waals surface area (Å²) in [6.07, 6.45) is -0.267. The largest absolute Gasteiger partial charge is 0.493 e. The number of aliphatic hydroxyl groups excluding tert-OH is 2. The summed E-state index contributed by atoms with van der Waals surface area (Å²) in [5.41, 5.74) is 0.448. The maximum atomic E-state index is 10.7. The van der Waals surface area contributed by atoms with Gasteiger partial charge in [0.25, 0.3) is 0 Å². The van der Waals surface area contributed by atoms with E-state index in [9.17, 15) is 9.90 Å². The Balaban J connectivity index is 2.93. The molecule has 1 atom stereocenters. The number of aliphatic hydroxyl groups is 2. The molecule has 1 aromatic rings. The number of rotatable bonds is 6. The van der Waals surface area contributed by atoms with Crippen LogP contribution in [0.5, 0.6) is 11.5 Å². The molecule has 17 heavy (non-hydrogen) atoms. The molecule has 0 bridgehead atoms. The van der Waals surface area contributed by atoms with Gasteiger partial charge in [-0.2, -0.15) is 0 Å². The highest BCUT2D eigenvalue weighted by atomic mass is 79.9. The smallest absolute Gasteiger partial charge is 0.175 e. The maximum absolute atomic E-state index is 10.7. The molecule has 1 unspecified atom stereocenters. The first-order valence-electron chi connectivity index (χ1n) is 4.86. The third-order valence-corrected chi connectivity index (χ3v) is 2.61. The van der Waals surface area contributed by atoms with Gasteiger partial charge in [0.05, 0.1) is 18.2 Å². The molecule has 5 nitrogen and oxygen atoms in total. The maximum Gasteiger partial charge on any atom is 0.175 e. The zero-order valence-corrected chi connectivity index (χ0v) is 10.8. The quantitative estimate of drug-likeness (QED) is 0.767. The van der Waals surface area contributed by atoms with Crippen molar-refractivity contribution in [2.75, 3.05) is 20.3 Å². The minimum atomic E-state index is -0.961. The molecule has 2 N–H and O–H groups in total. The van der Waals surface area contributed by atoms with E-state index in [1.54, 1.807) is 6.07 Å². The number of methoxy groups -OCH3 is 1. The molecule has 0 saturated carbocycles. The number of aldehydes is 1. The lowest BCUT2D eigenvalue weighted by molar-refractivity contribution is 0.0524. The van der Waals surface area contributed by atoms with Crippen molar-refractivity contribution in [1.82, 2.24) is 0 Å². The Morgan fingerprint density at radius 3 is 2.76 bits per heavy atom. The average Bonchev–Trinajstić information content (AvgIpc) is 2.35. The van der Waals surface area contributed by atoms with Gasteiger partial charge in [-0.3, -0.25) is 4.79 Å². The molecular weight excluding hydrogens is 292 g/mol. The van der Waals surface area contributed by atoms with Crippen molar-refractivity contribution in [3.8, 4) is 11.5 Å². The summed E-state index contributed by atoms with van der Waals surface area (Å²) in [4.78, 5) is 10.7. The standard InChI is InChI=1S/C11H13BrO5/c1-16-10-3-7(4-13)2-9(12)11(10)17-6-8(15)5-14/h2-4,8,14-15H,5-6H2,1H3. The predicted octanol–water partition coefficient (Wildman–Crippen LogP) is 1.00. The van der Waals surface area contributed by atoms with Crippen LogP contribution in [0.2, 0.25) is 0 Å². The zero-order valence-electron chi connectivity index (χ0n) is 9.22. The van der Waals surface area contributed by atoms with Crippen LogP contribution in [0, 0.1) is 0 Å². The van der Waals surface area contributed by atoms with Crippen LogP contribution in [0.1, 0.15) is 10.4 Å². The molecule has 1 rings (SSSR count). The van der Waals surface area contributed by atoms with Crippen molar-refractivity contribution >= 4 is 22.2 Å². The average molecular weight is 305 g/mol. The predicted molar refractivity (Wildman–Crippen MR) is 64.7 cm³/mol. The minimum Gasteiger partial charge on any atom is -0.493 e. The van der Waals surface area contributed by atoms with Crippen molar-refractivity contribution in [3.05, 3.63) is 22.2 Å². The van der Waals surface area contributed by atoms with Crippen LogP contribution in [0.3, 0.4) is 0 Å². The first-order chi connectivity index (χ1) is 8.12. The lowest BCUT2D eigenvalue weighted by atomic mass is 10.2. The van der Waals surface area contributed by atoms with Crippen LogP contribution in [0.4, 0.5) is 0 Å². The molecule has 0 saturated heterocycles. The van der Waals surface area contributed by atoms with Gasteiger partial charge in [0.15, 0.2) is 11.5 Å². The number of carbonyl (C=O) groups excluding carboxylic acids is 1. The third-order valence-electron chi connectivity index (χ3n) is 2.02. The van der Waals surface area contributed by atoms with Gasteiger partial charge < -0.3 is 19.7 Å². The molecule has 0 spiro atoms. The van der Waals surface area contributed by atoms with E-state index < -0.39 is 6.10 Å². The minimum absolute atomic E-state index is 0.0636. The van der Waals surface area contributed by atoms with E-state index >= 15 is 0 Å². The van der Waals surface area contributed by atoms with Crippen LogP contribution >= 0.6 is 15.9 Å². The molecule has 0 heterocycles. The highest BCUT2D eigenvalue weighted by Crippen LogP contribution is 2.36. The number of carbonyl (C=O) groups is 1. The number of benzene rings is 1. The van der Waals surface area contributed by atoms with Gasteiger partial charge in [0, 0.05) is 5.56 Å². The molecule has 1 aromatic carbocycles.